The Labute approximate surface area is 121 Å². The molecule has 0 radical (unpaired) electrons. The number of benzene rings is 1. The second kappa shape index (κ2) is 7.41. The summed E-state index contributed by atoms with van der Waals surface area (Å²) < 4.78 is 5.27. The van der Waals surface area contributed by atoms with Gasteiger partial charge < -0.3 is 10.1 Å². The molecule has 4 nitrogen and oxygen atoms in total. The quantitative estimate of drug-likeness (QED) is 0.898. The fourth-order valence-electron chi connectivity index (χ4n) is 2.29. The van der Waals surface area contributed by atoms with Gasteiger partial charge in [0.2, 0.25) is 5.91 Å². The number of carbonyl (C=O) groups excluding carboxylic acids is 1. The van der Waals surface area contributed by atoms with Gasteiger partial charge in [-0.1, -0.05) is 26.0 Å². The van der Waals surface area contributed by atoms with Gasteiger partial charge in [-0.15, -0.1) is 0 Å². The van der Waals surface area contributed by atoms with E-state index in [1.54, 1.807) is 0 Å². The molecule has 1 saturated heterocycles. The first-order chi connectivity index (χ1) is 9.69. The van der Waals surface area contributed by atoms with Crippen LogP contribution in [-0.4, -0.2) is 43.7 Å². The molecule has 0 aliphatic carbocycles. The summed E-state index contributed by atoms with van der Waals surface area (Å²) >= 11 is 0. The van der Waals surface area contributed by atoms with E-state index >= 15 is 0 Å². The first-order valence-corrected chi connectivity index (χ1v) is 7.39. The van der Waals surface area contributed by atoms with Crippen LogP contribution in [-0.2, 0) is 9.53 Å². The lowest BCUT2D eigenvalue weighted by Crippen LogP contribution is -2.41. The highest BCUT2D eigenvalue weighted by atomic mass is 16.5. The van der Waals surface area contributed by atoms with Gasteiger partial charge in [0.1, 0.15) is 0 Å². The van der Waals surface area contributed by atoms with Crippen LogP contribution in [0.15, 0.2) is 24.3 Å². The van der Waals surface area contributed by atoms with Crippen LogP contribution in [0, 0.1) is 0 Å². The van der Waals surface area contributed by atoms with Gasteiger partial charge in [-0.2, -0.15) is 0 Å². The SMILES string of the molecule is CCC(C)c1ccc(NC(=O)CN2CCOCC2)cc1. The molecule has 1 N–H and O–H groups in total. The summed E-state index contributed by atoms with van der Waals surface area (Å²) in [6.07, 6.45) is 1.13. The molecule has 1 aromatic rings. The monoisotopic (exact) mass is 276 g/mol. The molecule has 0 aromatic heterocycles. The third-order valence-corrected chi connectivity index (χ3v) is 3.85. The fourth-order valence-corrected chi connectivity index (χ4v) is 2.29. The first-order valence-electron chi connectivity index (χ1n) is 7.39. The molecule has 1 aliphatic heterocycles. The minimum Gasteiger partial charge on any atom is -0.379 e. The van der Waals surface area contributed by atoms with E-state index in [0.717, 1.165) is 38.4 Å². The zero-order chi connectivity index (χ0) is 14.4. The molecule has 1 unspecified atom stereocenters. The standard InChI is InChI=1S/C16H24N2O2/c1-3-13(2)14-4-6-15(7-5-14)17-16(19)12-18-8-10-20-11-9-18/h4-7,13H,3,8-12H2,1-2H3,(H,17,19). The third kappa shape index (κ3) is 4.32. The molecule has 4 heteroatoms. The average molecular weight is 276 g/mol. The van der Waals surface area contributed by atoms with Crippen molar-refractivity contribution in [3.05, 3.63) is 29.8 Å². The van der Waals surface area contributed by atoms with Gasteiger partial charge in [0.05, 0.1) is 19.8 Å². The number of hydrogen-bond donors (Lipinski definition) is 1. The highest BCUT2D eigenvalue weighted by Gasteiger charge is 2.14. The summed E-state index contributed by atoms with van der Waals surface area (Å²) in [7, 11) is 0. The number of nitrogens with one attached hydrogen (secondary N) is 1. The lowest BCUT2D eigenvalue weighted by Gasteiger charge is -2.25. The Morgan fingerprint density at radius 1 is 1.30 bits per heavy atom. The Morgan fingerprint density at radius 3 is 2.55 bits per heavy atom. The highest BCUT2D eigenvalue weighted by molar-refractivity contribution is 5.92. The van der Waals surface area contributed by atoms with Crippen molar-refractivity contribution in [2.24, 2.45) is 0 Å². The van der Waals surface area contributed by atoms with Crippen molar-refractivity contribution in [1.29, 1.82) is 0 Å². The van der Waals surface area contributed by atoms with E-state index in [9.17, 15) is 4.79 Å². The van der Waals surface area contributed by atoms with Crippen LogP contribution in [0.2, 0.25) is 0 Å². The normalized spacial score (nSPS) is 17.7. The number of anilines is 1. The summed E-state index contributed by atoms with van der Waals surface area (Å²) in [5.74, 6) is 0.608. The smallest absolute Gasteiger partial charge is 0.238 e. The highest BCUT2D eigenvalue weighted by Crippen LogP contribution is 2.20. The fraction of sp³-hybridized carbons (Fsp3) is 0.562. The van der Waals surface area contributed by atoms with Gasteiger partial charge in [-0.05, 0) is 30.0 Å². The molecule has 1 aromatic carbocycles. The number of morpholine rings is 1. The van der Waals surface area contributed by atoms with Crippen LogP contribution < -0.4 is 5.32 Å². The number of hydrogen-bond acceptors (Lipinski definition) is 3. The van der Waals surface area contributed by atoms with Crippen molar-refractivity contribution >= 4 is 11.6 Å². The largest absolute Gasteiger partial charge is 0.379 e. The molecule has 110 valence electrons. The van der Waals surface area contributed by atoms with Gasteiger partial charge in [0.25, 0.3) is 0 Å². The maximum absolute atomic E-state index is 12.0. The Kier molecular flexibility index (Phi) is 5.56. The molecule has 20 heavy (non-hydrogen) atoms. The number of ether oxygens (including phenoxy) is 1. The average Bonchev–Trinajstić information content (AvgIpc) is 2.48. The summed E-state index contributed by atoms with van der Waals surface area (Å²) in [6.45, 7) is 7.94. The molecule has 1 amide bonds. The molecule has 1 aliphatic rings. The predicted molar refractivity (Wildman–Crippen MR) is 81.0 cm³/mol. The van der Waals surface area contributed by atoms with Gasteiger partial charge in [-0.25, -0.2) is 0 Å². The topological polar surface area (TPSA) is 41.6 Å². The van der Waals surface area contributed by atoms with E-state index in [2.05, 4.69) is 36.2 Å². The number of amides is 1. The third-order valence-electron chi connectivity index (χ3n) is 3.85. The summed E-state index contributed by atoms with van der Waals surface area (Å²) in [5, 5.41) is 2.95. The lowest BCUT2D eigenvalue weighted by atomic mass is 9.99. The van der Waals surface area contributed by atoms with Crippen molar-refractivity contribution in [1.82, 2.24) is 4.90 Å². The molecular formula is C16H24N2O2. The van der Waals surface area contributed by atoms with Gasteiger partial charge in [0.15, 0.2) is 0 Å². The van der Waals surface area contributed by atoms with Crippen molar-refractivity contribution in [3.63, 3.8) is 0 Å². The van der Waals surface area contributed by atoms with Crippen LogP contribution in [0.3, 0.4) is 0 Å². The van der Waals surface area contributed by atoms with Crippen LogP contribution in [0.5, 0.6) is 0 Å². The Balaban J connectivity index is 1.84. The van der Waals surface area contributed by atoms with Gasteiger partial charge >= 0.3 is 0 Å². The summed E-state index contributed by atoms with van der Waals surface area (Å²) in [6, 6.07) is 8.16. The molecule has 0 bridgehead atoms. The molecule has 1 fully saturated rings. The minimum absolute atomic E-state index is 0.0446. The van der Waals surface area contributed by atoms with Crippen LogP contribution >= 0.6 is 0 Å². The molecular weight excluding hydrogens is 252 g/mol. The Morgan fingerprint density at radius 2 is 1.95 bits per heavy atom. The number of rotatable bonds is 5. The maximum Gasteiger partial charge on any atom is 0.238 e. The summed E-state index contributed by atoms with van der Waals surface area (Å²) in [5.41, 5.74) is 2.19. The molecule has 0 spiro atoms. The van der Waals surface area contributed by atoms with E-state index in [4.69, 9.17) is 4.74 Å². The molecule has 1 atom stereocenters. The summed E-state index contributed by atoms with van der Waals surface area (Å²) in [4.78, 5) is 14.1. The van der Waals surface area contributed by atoms with E-state index in [1.807, 2.05) is 12.1 Å². The van der Waals surface area contributed by atoms with Crippen molar-refractivity contribution < 1.29 is 9.53 Å². The predicted octanol–water partition coefficient (Wildman–Crippen LogP) is 2.47. The Hall–Kier alpha value is -1.39. The number of carbonyl (C=O) groups is 1. The Bertz CT molecular complexity index is 425. The minimum atomic E-state index is 0.0446. The van der Waals surface area contributed by atoms with Crippen LogP contribution in [0.25, 0.3) is 0 Å². The zero-order valence-electron chi connectivity index (χ0n) is 12.4. The van der Waals surface area contributed by atoms with Crippen LogP contribution in [0.1, 0.15) is 31.7 Å². The van der Waals surface area contributed by atoms with Crippen molar-refractivity contribution in [3.8, 4) is 0 Å². The second-order valence-electron chi connectivity index (χ2n) is 5.37. The maximum atomic E-state index is 12.0. The van der Waals surface area contributed by atoms with E-state index in [-0.39, 0.29) is 5.91 Å². The second-order valence-corrected chi connectivity index (χ2v) is 5.37. The first kappa shape index (κ1) is 15.0. The van der Waals surface area contributed by atoms with E-state index < -0.39 is 0 Å². The van der Waals surface area contributed by atoms with Crippen molar-refractivity contribution in [2.75, 3.05) is 38.2 Å². The molecule has 2 rings (SSSR count). The zero-order valence-corrected chi connectivity index (χ0v) is 12.4. The lowest BCUT2D eigenvalue weighted by molar-refractivity contribution is -0.118. The van der Waals surface area contributed by atoms with Gasteiger partial charge in [-0.3, -0.25) is 9.69 Å². The molecule has 1 heterocycles. The van der Waals surface area contributed by atoms with E-state index in [1.165, 1.54) is 5.56 Å². The molecule has 0 saturated carbocycles. The van der Waals surface area contributed by atoms with Crippen LogP contribution in [0.4, 0.5) is 5.69 Å². The van der Waals surface area contributed by atoms with Gasteiger partial charge in [0, 0.05) is 18.8 Å². The number of nitrogens with zero attached hydrogens (tertiary/aromatic N) is 1. The van der Waals surface area contributed by atoms with E-state index in [0.29, 0.717) is 12.5 Å². The van der Waals surface area contributed by atoms with Crippen molar-refractivity contribution in [2.45, 2.75) is 26.2 Å².